The monoisotopic (exact) mass is 434 g/mol. The van der Waals surface area contributed by atoms with E-state index in [2.05, 4.69) is 0 Å². The molecule has 1 amide bonds. The maximum atomic E-state index is 12.8. The first-order chi connectivity index (χ1) is 14.7. The van der Waals surface area contributed by atoms with Crippen molar-refractivity contribution in [3.63, 3.8) is 0 Å². The molecule has 0 N–H and O–H groups in total. The lowest BCUT2D eigenvalue weighted by atomic mass is 10.1. The highest BCUT2D eigenvalue weighted by Crippen LogP contribution is 2.38. The number of hydrogen-bond donors (Lipinski definition) is 0. The Labute approximate surface area is 174 Å². The summed E-state index contributed by atoms with van der Waals surface area (Å²) in [7, 11) is 0. The van der Waals surface area contributed by atoms with Crippen LogP contribution in [0.4, 0.5) is 18.9 Å². The van der Waals surface area contributed by atoms with Crippen LogP contribution in [0.1, 0.15) is 29.5 Å². The minimum atomic E-state index is -4.42. The van der Waals surface area contributed by atoms with Gasteiger partial charge in [-0.1, -0.05) is 12.1 Å². The largest absolute Gasteiger partial charge is 0.454 e. The van der Waals surface area contributed by atoms with Crippen molar-refractivity contribution in [3.8, 4) is 11.5 Å². The minimum absolute atomic E-state index is 0.00816. The van der Waals surface area contributed by atoms with Gasteiger partial charge in [0.2, 0.25) is 12.7 Å². The van der Waals surface area contributed by atoms with E-state index in [0.717, 1.165) is 25.0 Å². The summed E-state index contributed by atoms with van der Waals surface area (Å²) in [5.41, 5.74) is -0.229. The molecule has 1 fully saturated rings. The third-order valence-corrected chi connectivity index (χ3v) is 5.03. The lowest BCUT2D eigenvalue weighted by Gasteiger charge is -2.21. The molecule has 0 unspecified atom stereocenters. The van der Waals surface area contributed by atoms with Gasteiger partial charge in [-0.15, -0.1) is 0 Å². The van der Waals surface area contributed by atoms with Crippen molar-refractivity contribution in [2.24, 2.45) is 0 Å². The number of nitrogens with zero attached hydrogens (tertiary/aromatic N) is 2. The zero-order valence-electron chi connectivity index (χ0n) is 16.1. The number of carbonyl (C=O) groups excluding carboxylic acids is 1. The number of hydrogen-bond acceptors (Lipinski definition) is 5. The fourth-order valence-electron chi connectivity index (χ4n) is 3.26. The standard InChI is InChI=1S/C21H17F3N2O5/c22-21(23,24)15-4-1-13(2-5-15)11-25(16-6-7-16)20(27)8-3-14-9-18-19(31-12-30-18)10-17(14)26(28)29/h1-5,8-10,16H,6-7,11-12H2. The van der Waals surface area contributed by atoms with E-state index >= 15 is 0 Å². The van der Waals surface area contributed by atoms with E-state index in [9.17, 15) is 28.1 Å². The molecule has 1 aliphatic heterocycles. The molecular weight excluding hydrogens is 417 g/mol. The van der Waals surface area contributed by atoms with Crippen molar-refractivity contribution in [2.75, 3.05) is 6.79 Å². The van der Waals surface area contributed by atoms with E-state index in [0.29, 0.717) is 11.3 Å². The summed E-state index contributed by atoms with van der Waals surface area (Å²) < 4.78 is 48.6. The van der Waals surface area contributed by atoms with E-state index in [4.69, 9.17) is 9.47 Å². The molecule has 7 nitrogen and oxygen atoms in total. The number of nitro groups is 1. The van der Waals surface area contributed by atoms with Crippen LogP contribution in [0.3, 0.4) is 0 Å². The van der Waals surface area contributed by atoms with Crippen LogP contribution in [0.15, 0.2) is 42.5 Å². The highest BCUT2D eigenvalue weighted by molar-refractivity contribution is 5.93. The molecule has 2 aromatic rings. The summed E-state index contributed by atoms with van der Waals surface area (Å²) in [6.07, 6.45) is -0.265. The molecule has 0 bridgehead atoms. The Morgan fingerprint density at radius 3 is 2.39 bits per heavy atom. The molecule has 2 aromatic carbocycles. The molecule has 1 aliphatic carbocycles. The predicted octanol–water partition coefficient (Wildman–Crippen LogP) is 4.55. The van der Waals surface area contributed by atoms with Crippen molar-refractivity contribution in [1.82, 2.24) is 4.90 Å². The lowest BCUT2D eigenvalue weighted by Crippen LogP contribution is -2.31. The Bertz CT molecular complexity index is 1050. The van der Waals surface area contributed by atoms with E-state index < -0.39 is 16.7 Å². The summed E-state index contributed by atoms with van der Waals surface area (Å²) in [4.78, 5) is 25.1. The third-order valence-electron chi connectivity index (χ3n) is 5.03. The van der Waals surface area contributed by atoms with E-state index in [-0.39, 0.29) is 42.3 Å². The summed E-state index contributed by atoms with van der Waals surface area (Å²) in [6.45, 7) is 0.108. The van der Waals surface area contributed by atoms with Crippen LogP contribution in [-0.2, 0) is 17.5 Å². The Morgan fingerprint density at radius 2 is 1.81 bits per heavy atom. The van der Waals surface area contributed by atoms with Gasteiger partial charge in [-0.05, 0) is 42.7 Å². The average molecular weight is 434 g/mol. The second kappa shape index (κ2) is 7.93. The van der Waals surface area contributed by atoms with Crippen molar-refractivity contribution in [1.29, 1.82) is 0 Å². The molecule has 31 heavy (non-hydrogen) atoms. The SMILES string of the molecule is O=C(C=Cc1cc2c(cc1[N+](=O)[O-])OCO2)N(Cc1ccc(C(F)(F)F)cc1)C1CC1. The smallest absolute Gasteiger partial charge is 0.416 e. The molecule has 1 heterocycles. The van der Waals surface area contributed by atoms with Crippen LogP contribution in [0.5, 0.6) is 11.5 Å². The van der Waals surface area contributed by atoms with Crippen molar-refractivity contribution in [2.45, 2.75) is 31.6 Å². The summed E-state index contributed by atoms with van der Waals surface area (Å²) in [5.74, 6) is 0.230. The summed E-state index contributed by atoms with van der Waals surface area (Å²) >= 11 is 0. The topological polar surface area (TPSA) is 81.9 Å². The molecule has 0 spiro atoms. The first-order valence-electron chi connectivity index (χ1n) is 9.45. The normalized spacial score (nSPS) is 15.3. The Kier molecular flexibility index (Phi) is 5.30. The van der Waals surface area contributed by atoms with Crippen molar-refractivity contribution in [3.05, 3.63) is 69.3 Å². The number of carbonyl (C=O) groups is 1. The van der Waals surface area contributed by atoms with Gasteiger partial charge in [0.1, 0.15) is 0 Å². The van der Waals surface area contributed by atoms with Crippen LogP contribution in [0.2, 0.25) is 0 Å². The lowest BCUT2D eigenvalue weighted by molar-refractivity contribution is -0.385. The Hall–Kier alpha value is -3.56. The molecule has 0 radical (unpaired) electrons. The van der Waals surface area contributed by atoms with Gasteiger partial charge in [-0.2, -0.15) is 13.2 Å². The quantitative estimate of drug-likeness (QED) is 0.379. The molecule has 0 saturated heterocycles. The third kappa shape index (κ3) is 4.62. The maximum absolute atomic E-state index is 12.8. The number of ether oxygens (including phenoxy) is 2. The highest BCUT2D eigenvalue weighted by atomic mass is 19.4. The number of amides is 1. The number of halogens is 3. The average Bonchev–Trinajstić information content (AvgIpc) is 3.46. The fourth-order valence-corrected chi connectivity index (χ4v) is 3.26. The Morgan fingerprint density at radius 1 is 1.16 bits per heavy atom. The summed E-state index contributed by atoms with van der Waals surface area (Å²) in [5, 5.41) is 11.4. The second-order valence-electron chi connectivity index (χ2n) is 7.25. The maximum Gasteiger partial charge on any atom is 0.416 e. The van der Waals surface area contributed by atoms with Gasteiger partial charge in [-0.25, -0.2) is 0 Å². The van der Waals surface area contributed by atoms with Gasteiger partial charge in [0.25, 0.3) is 5.69 Å². The van der Waals surface area contributed by atoms with Gasteiger partial charge < -0.3 is 14.4 Å². The van der Waals surface area contributed by atoms with Gasteiger partial charge in [0.15, 0.2) is 11.5 Å². The highest BCUT2D eigenvalue weighted by Gasteiger charge is 2.33. The molecule has 4 rings (SSSR count). The molecule has 162 valence electrons. The molecule has 1 saturated carbocycles. The molecule has 0 atom stereocenters. The van der Waals surface area contributed by atoms with Crippen LogP contribution in [0, 0.1) is 10.1 Å². The number of nitro benzene ring substituents is 1. The molecule has 0 aromatic heterocycles. The minimum Gasteiger partial charge on any atom is -0.454 e. The van der Waals surface area contributed by atoms with Crippen LogP contribution in [0.25, 0.3) is 6.08 Å². The van der Waals surface area contributed by atoms with Crippen LogP contribution < -0.4 is 9.47 Å². The Balaban J connectivity index is 1.52. The first kappa shape index (κ1) is 20.7. The van der Waals surface area contributed by atoms with E-state index in [1.807, 2.05) is 0 Å². The summed E-state index contributed by atoms with van der Waals surface area (Å²) in [6, 6.07) is 7.32. The molecule has 2 aliphatic rings. The van der Waals surface area contributed by atoms with E-state index in [1.165, 1.54) is 36.4 Å². The van der Waals surface area contributed by atoms with Crippen LogP contribution in [-0.4, -0.2) is 28.6 Å². The van der Waals surface area contributed by atoms with Crippen molar-refractivity contribution >= 4 is 17.7 Å². The molecule has 10 heteroatoms. The van der Waals surface area contributed by atoms with Gasteiger partial charge in [-0.3, -0.25) is 14.9 Å². The number of rotatable bonds is 6. The van der Waals surface area contributed by atoms with Gasteiger partial charge in [0.05, 0.1) is 22.1 Å². The first-order valence-corrected chi connectivity index (χ1v) is 9.45. The van der Waals surface area contributed by atoms with Crippen LogP contribution >= 0.6 is 0 Å². The second-order valence-corrected chi connectivity index (χ2v) is 7.25. The van der Waals surface area contributed by atoms with Gasteiger partial charge >= 0.3 is 6.18 Å². The molecular formula is C21H17F3N2O5. The zero-order valence-corrected chi connectivity index (χ0v) is 16.1. The number of benzene rings is 2. The zero-order chi connectivity index (χ0) is 22.2. The number of fused-ring (bicyclic) bond motifs is 1. The van der Waals surface area contributed by atoms with E-state index in [1.54, 1.807) is 4.90 Å². The number of alkyl halides is 3. The van der Waals surface area contributed by atoms with Gasteiger partial charge in [0, 0.05) is 18.7 Å². The predicted molar refractivity (Wildman–Crippen MR) is 103 cm³/mol. The fraction of sp³-hybridized carbons (Fsp3) is 0.286. The van der Waals surface area contributed by atoms with Crippen molar-refractivity contribution < 1.29 is 32.4 Å².